The van der Waals surface area contributed by atoms with E-state index < -0.39 is 11.4 Å². The van der Waals surface area contributed by atoms with E-state index in [2.05, 4.69) is 22.6 Å². The van der Waals surface area contributed by atoms with Crippen molar-refractivity contribution in [3.05, 3.63) is 120 Å². The number of aliphatic carboxylic acids is 1. The number of carboxylic acids is 1. The van der Waals surface area contributed by atoms with E-state index in [0.29, 0.717) is 18.6 Å². The molecule has 0 amide bonds. The Morgan fingerprint density at radius 3 is 2.15 bits per heavy atom. The zero-order valence-electron chi connectivity index (χ0n) is 22.0. The minimum absolute atomic E-state index is 0. The fourth-order valence-corrected chi connectivity index (χ4v) is 4.84. The molecule has 2 heterocycles. The van der Waals surface area contributed by atoms with Crippen LogP contribution in [0, 0.1) is 6.92 Å². The molecule has 3 aromatic carbocycles. The van der Waals surface area contributed by atoms with Crippen LogP contribution in [0.15, 0.2) is 102 Å². The van der Waals surface area contributed by atoms with Crippen LogP contribution >= 0.6 is 0 Å². The Morgan fingerprint density at radius 1 is 0.872 bits per heavy atom. The summed E-state index contributed by atoms with van der Waals surface area (Å²) >= 11 is 0. The number of hydrogen-bond donors (Lipinski definition) is 2. The third kappa shape index (κ3) is 5.55. The Morgan fingerprint density at radius 2 is 1.51 bits per heavy atom. The molecule has 0 atom stereocenters. The predicted octanol–water partition coefficient (Wildman–Crippen LogP) is 6.78. The van der Waals surface area contributed by atoms with E-state index in [-0.39, 0.29) is 29.6 Å². The van der Waals surface area contributed by atoms with Gasteiger partial charge >= 0.3 is 5.97 Å². The molecule has 1 saturated carbocycles. The van der Waals surface area contributed by atoms with Crippen molar-refractivity contribution < 1.29 is 14.4 Å². The second-order valence-electron chi connectivity index (χ2n) is 9.82. The maximum Gasteiger partial charge on any atom is 0.314 e. The molecule has 5 aromatic rings. The number of nitrogens with one attached hydrogen (secondary N) is 1. The summed E-state index contributed by atoms with van der Waals surface area (Å²) in [5.74, 6) is 0.647. The van der Waals surface area contributed by atoms with Crippen LogP contribution in [-0.4, -0.2) is 50.8 Å². The summed E-state index contributed by atoms with van der Waals surface area (Å²) < 4.78 is 5.71. The van der Waals surface area contributed by atoms with Crippen LogP contribution in [0.1, 0.15) is 35.4 Å². The molecule has 0 aliphatic heterocycles. The molecule has 0 bridgehead atoms. The number of rotatable bonds is 8. The summed E-state index contributed by atoms with van der Waals surface area (Å²) in [6, 6.07) is 32.2. The molecule has 2 N–H and O–H groups in total. The van der Waals surface area contributed by atoms with Gasteiger partial charge in [0, 0.05) is 47.2 Å². The first-order valence-electron chi connectivity index (χ1n) is 12.7. The van der Waals surface area contributed by atoms with E-state index in [4.69, 9.17) is 9.51 Å². The number of nitrogens with zero attached hydrogens (tertiary/aromatic N) is 2. The van der Waals surface area contributed by atoms with Crippen molar-refractivity contribution in [3.63, 3.8) is 0 Å². The van der Waals surface area contributed by atoms with Gasteiger partial charge < -0.3 is 14.9 Å². The number of carbonyl (C=O) groups is 1. The first kappa shape index (κ1) is 26.9. The van der Waals surface area contributed by atoms with Gasteiger partial charge in [0.25, 0.3) is 0 Å². The number of hydrogen-bond acceptors (Lipinski definition) is 5. The van der Waals surface area contributed by atoms with Gasteiger partial charge in [0.05, 0.1) is 5.41 Å². The summed E-state index contributed by atoms with van der Waals surface area (Å²) in [4.78, 5) is 16.4. The standard InChI is InChI=1S/C32H27N3O3.Na/c1-21-29(34-28-9-5-8-27(33-28)20-22-6-3-2-4-7-22)30(38-35-21)25-12-10-23(11-13-25)24-14-16-26(17-15-24)32(18-19-32)31(36)37;/h2-17H,18-20H2,1H3,(H,33,34)(H,36,37);. The SMILES string of the molecule is Cc1noc(-c2ccc(-c3ccc(C4(C(=O)O)CC4)cc3)cc2)c1Nc1cccc(Cc2ccccc2)n1.[Na]. The molecule has 1 aliphatic rings. The molecule has 0 spiro atoms. The summed E-state index contributed by atoms with van der Waals surface area (Å²) in [7, 11) is 0. The number of aryl methyl sites for hydroxylation is 1. The molecule has 7 heteroatoms. The molecular weight excluding hydrogens is 497 g/mol. The number of carboxylic acid groups (broad SMARTS) is 1. The Bertz CT molecular complexity index is 1590. The van der Waals surface area contributed by atoms with Gasteiger partial charge in [0.15, 0.2) is 5.76 Å². The third-order valence-corrected chi connectivity index (χ3v) is 7.23. The van der Waals surface area contributed by atoms with Crippen molar-refractivity contribution in [2.45, 2.75) is 31.6 Å². The molecule has 0 unspecified atom stereocenters. The van der Waals surface area contributed by atoms with E-state index in [0.717, 1.165) is 51.6 Å². The Balaban J connectivity index is 0.00000308. The smallest absolute Gasteiger partial charge is 0.314 e. The third-order valence-electron chi connectivity index (χ3n) is 7.23. The van der Waals surface area contributed by atoms with Gasteiger partial charge in [0.2, 0.25) is 0 Å². The van der Waals surface area contributed by atoms with E-state index >= 15 is 0 Å². The van der Waals surface area contributed by atoms with Crippen molar-refractivity contribution in [3.8, 4) is 22.5 Å². The van der Waals surface area contributed by atoms with Gasteiger partial charge in [-0.15, -0.1) is 0 Å². The molecule has 2 aromatic heterocycles. The maximum atomic E-state index is 11.6. The molecule has 189 valence electrons. The fourth-order valence-electron chi connectivity index (χ4n) is 4.84. The Labute approximate surface area is 249 Å². The minimum Gasteiger partial charge on any atom is -0.481 e. The molecule has 6 nitrogen and oxygen atoms in total. The average molecular weight is 525 g/mol. The summed E-state index contributed by atoms with van der Waals surface area (Å²) in [6.07, 6.45) is 2.16. The summed E-state index contributed by atoms with van der Waals surface area (Å²) in [5, 5.41) is 17.2. The van der Waals surface area contributed by atoms with Crippen LogP contribution < -0.4 is 5.32 Å². The molecule has 39 heavy (non-hydrogen) atoms. The Kier molecular flexibility index (Phi) is 7.71. The number of anilines is 2. The number of benzene rings is 3. The zero-order chi connectivity index (χ0) is 26.1. The van der Waals surface area contributed by atoms with Crippen molar-refractivity contribution in [2.24, 2.45) is 0 Å². The van der Waals surface area contributed by atoms with E-state index in [1.807, 2.05) is 91.9 Å². The topological polar surface area (TPSA) is 88.2 Å². The quantitative estimate of drug-likeness (QED) is 0.218. The number of aromatic nitrogens is 2. The average Bonchev–Trinajstić information content (AvgIpc) is 3.69. The van der Waals surface area contributed by atoms with Gasteiger partial charge in [-0.3, -0.25) is 4.79 Å². The van der Waals surface area contributed by atoms with Crippen molar-refractivity contribution >= 4 is 47.0 Å². The minimum atomic E-state index is -0.737. The maximum absolute atomic E-state index is 11.6. The molecule has 6 rings (SSSR count). The monoisotopic (exact) mass is 524 g/mol. The summed E-state index contributed by atoms with van der Waals surface area (Å²) in [5.41, 5.74) is 6.89. The van der Waals surface area contributed by atoms with E-state index in [9.17, 15) is 9.90 Å². The first-order chi connectivity index (χ1) is 18.5. The molecular formula is C32H27N3NaO3. The van der Waals surface area contributed by atoms with Crippen molar-refractivity contribution in [1.82, 2.24) is 10.1 Å². The fraction of sp³-hybridized carbons (Fsp3) is 0.156. The van der Waals surface area contributed by atoms with Gasteiger partial charge in [-0.1, -0.05) is 90.1 Å². The predicted molar refractivity (Wildman–Crippen MR) is 153 cm³/mol. The largest absolute Gasteiger partial charge is 0.481 e. The van der Waals surface area contributed by atoms with Crippen LogP contribution in [0.2, 0.25) is 0 Å². The van der Waals surface area contributed by atoms with Crippen molar-refractivity contribution in [2.75, 3.05) is 5.32 Å². The van der Waals surface area contributed by atoms with Crippen LogP contribution in [0.25, 0.3) is 22.5 Å². The first-order valence-corrected chi connectivity index (χ1v) is 12.7. The molecule has 1 fully saturated rings. The van der Waals surface area contributed by atoms with Gasteiger partial charge in [0.1, 0.15) is 17.2 Å². The second kappa shape index (κ2) is 11.2. The summed E-state index contributed by atoms with van der Waals surface area (Å²) in [6.45, 7) is 1.91. The van der Waals surface area contributed by atoms with E-state index in [1.54, 1.807) is 0 Å². The van der Waals surface area contributed by atoms with Gasteiger partial charge in [-0.25, -0.2) is 4.98 Å². The van der Waals surface area contributed by atoms with Crippen LogP contribution in [0.5, 0.6) is 0 Å². The molecule has 1 aliphatic carbocycles. The number of pyridine rings is 1. The van der Waals surface area contributed by atoms with Crippen LogP contribution in [-0.2, 0) is 16.6 Å². The van der Waals surface area contributed by atoms with Gasteiger partial charge in [-0.05, 0) is 54.2 Å². The zero-order valence-corrected chi connectivity index (χ0v) is 24.0. The normalized spacial score (nSPS) is 13.4. The van der Waals surface area contributed by atoms with Crippen molar-refractivity contribution in [1.29, 1.82) is 0 Å². The Hall–Kier alpha value is -3.71. The second-order valence-corrected chi connectivity index (χ2v) is 9.82. The molecule has 0 saturated heterocycles. The van der Waals surface area contributed by atoms with Crippen LogP contribution in [0.3, 0.4) is 0 Å². The van der Waals surface area contributed by atoms with Crippen LogP contribution in [0.4, 0.5) is 11.5 Å². The van der Waals surface area contributed by atoms with Gasteiger partial charge in [-0.2, -0.15) is 0 Å². The van der Waals surface area contributed by atoms with E-state index in [1.165, 1.54) is 5.56 Å². The molecule has 1 radical (unpaired) electrons.